The Morgan fingerprint density at radius 2 is 1.69 bits per heavy atom. The zero-order chi connectivity index (χ0) is 12.6. The summed E-state index contributed by atoms with van der Waals surface area (Å²) in [5.74, 6) is -5.09. The van der Waals surface area contributed by atoms with E-state index in [2.05, 4.69) is 0 Å². The van der Waals surface area contributed by atoms with Gasteiger partial charge in [-0.1, -0.05) is 0 Å². The van der Waals surface area contributed by atoms with E-state index in [1.807, 2.05) is 0 Å². The maximum Gasteiger partial charge on any atom is 0.458 e. The van der Waals surface area contributed by atoms with Crippen molar-refractivity contribution in [2.45, 2.75) is 12.1 Å². The van der Waals surface area contributed by atoms with Gasteiger partial charge in [0.15, 0.2) is 0 Å². The zero-order valence-electron chi connectivity index (χ0n) is 7.65. The lowest BCUT2D eigenvalue weighted by molar-refractivity contribution is -0.289. The summed E-state index contributed by atoms with van der Waals surface area (Å²) in [5.41, 5.74) is 2.66. The van der Waals surface area contributed by atoms with Gasteiger partial charge in [0, 0.05) is 5.69 Å². The van der Waals surface area contributed by atoms with Gasteiger partial charge >= 0.3 is 12.1 Å². The predicted molar refractivity (Wildman–Crippen MR) is 45.5 cm³/mol. The molecule has 1 aromatic carbocycles. The predicted octanol–water partition coefficient (Wildman–Crippen LogP) is 2.79. The molecule has 0 amide bonds. The molecular weight excluding hydrogens is 231 g/mol. The molecule has 0 bridgehead atoms. The Labute approximate surface area is 87.1 Å². The number of nitrogen functional groups attached to an aromatic ring is 1. The molecule has 0 spiro atoms. The van der Waals surface area contributed by atoms with Crippen LogP contribution in [0.25, 0.3) is 0 Å². The van der Waals surface area contributed by atoms with Gasteiger partial charge < -0.3 is 5.73 Å². The Kier molecular flexibility index (Phi) is 2.77. The summed E-state index contributed by atoms with van der Waals surface area (Å²) in [6.07, 6.45) is -5.76. The van der Waals surface area contributed by atoms with E-state index in [1.54, 1.807) is 0 Å². The van der Waals surface area contributed by atoms with E-state index >= 15 is 0 Å². The molecule has 1 aromatic rings. The molecular formula is C9H5F5N2. The van der Waals surface area contributed by atoms with E-state index < -0.39 is 23.2 Å². The van der Waals surface area contributed by atoms with Crippen LogP contribution in [0.5, 0.6) is 0 Å². The Hall–Kier alpha value is -1.84. The fourth-order valence-electron chi connectivity index (χ4n) is 1.07. The van der Waals surface area contributed by atoms with Crippen LogP contribution in [0.15, 0.2) is 18.2 Å². The molecule has 0 aliphatic heterocycles. The van der Waals surface area contributed by atoms with Gasteiger partial charge in [0.25, 0.3) is 0 Å². The first kappa shape index (κ1) is 12.2. The smallest absolute Gasteiger partial charge is 0.399 e. The highest BCUT2D eigenvalue weighted by Gasteiger charge is 2.59. The largest absolute Gasteiger partial charge is 0.458 e. The van der Waals surface area contributed by atoms with E-state index in [1.165, 1.54) is 6.07 Å². The van der Waals surface area contributed by atoms with Crippen LogP contribution in [0.4, 0.5) is 27.6 Å². The van der Waals surface area contributed by atoms with Crippen LogP contribution in [-0.4, -0.2) is 6.18 Å². The summed E-state index contributed by atoms with van der Waals surface area (Å²) in [7, 11) is 0. The summed E-state index contributed by atoms with van der Waals surface area (Å²) in [4.78, 5) is 0. The van der Waals surface area contributed by atoms with Crippen LogP contribution in [0.3, 0.4) is 0 Å². The first-order chi connectivity index (χ1) is 7.20. The lowest BCUT2D eigenvalue weighted by Crippen LogP contribution is -2.34. The number of benzene rings is 1. The van der Waals surface area contributed by atoms with Crippen molar-refractivity contribution in [1.29, 1.82) is 5.26 Å². The van der Waals surface area contributed by atoms with Crippen LogP contribution in [0.1, 0.15) is 11.1 Å². The van der Waals surface area contributed by atoms with Crippen molar-refractivity contribution in [3.63, 3.8) is 0 Å². The zero-order valence-corrected chi connectivity index (χ0v) is 7.65. The topological polar surface area (TPSA) is 49.8 Å². The van der Waals surface area contributed by atoms with Crippen LogP contribution in [0, 0.1) is 11.3 Å². The van der Waals surface area contributed by atoms with E-state index in [0.717, 1.165) is 12.1 Å². The second-order valence-corrected chi connectivity index (χ2v) is 2.99. The SMILES string of the molecule is N#Cc1ccc(N)cc1C(F)(F)C(F)(F)F. The number of halogens is 5. The fourth-order valence-corrected chi connectivity index (χ4v) is 1.07. The number of rotatable bonds is 1. The van der Waals surface area contributed by atoms with E-state index in [9.17, 15) is 22.0 Å². The van der Waals surface area contributed by atoms with Gasteiger partial charge in [-0.3, -0.25) is 0 Å². The summed E-state index contributed by atoms with van der Waals surface area (Å²) in [5, 5.41) is 8.45. The van der Waals surface area contributed by atoms with Crippen molar-refractivity contribution >= 4 is 5.69 Å². The van der Waals surface area contributed by atoms with Crippen LogP contribution in [-0.2, 0) is 5.92 Å². The number of anilines is 1. The third-order valence-electron chi connectivity index (χ3n) is 1.86. The Balaban J connectivity index is 3.44. The first-order valence-electron chi connectivity index (χ1n) is 3.95. The standard InChI is InChI=1S/C9H5F5N2/c10-8(11,9(12,13)14)7-3-6(16)2-1-5(7)4-15/h1-3H,16H2. The highest BCUT2D eigenvalue weighted by molar-refractivity contribution is 5.51. The molecule has 2 nitrogen and oxygen atoms in total. The lowest BCUT2D eigenvalue weighted by Gasteiger charge is -2.20. The number of hydrogen-bond donors (Lipinski definition) is 1. The van der Waals surface area contributed by atoms with Gasteiger partial charge in [-0.2, -0.15) is 27.2 Å². The van der Waals surface area contributed by atoms with Gasteiger partial charge in [0.05, 0.1) is 17.2 Å². The number of nitrogens with two attached hydrogens (primary N) is 1. The molecule has 0 unspecified atom stereocenters. The van der Waals surface area contributed by atoms with Crippen LogP contribution >= 0.6 is 0 Å². The number of nitrogens with zero attached hydrogens (tertiary/aromatic N) is 1. The van der Waals surface area contributed by atoms with Gasteiger partial charge in [0.1, 0.15) is 0 Å². The minimum absolute atomic E-state index is 0.266. The highest BCUT2D eigenvalue weighted by Crippen LogP contribution is 2.45. The fraction of sp³-hybridized carbons (Fsp3) is 0.222. The third-order valence-corrected chi connectivity index (χ3v) is 1.86. The molecule has 1 rings (SSSR count). The van der Waals surface area contributed by atoms with Crippen molar-refractivity contribution < 1.29 is 22.0 Å². The van der Waals surface area contributed by atoms with Crippen molar-refractivity contribution in [3.05, 3.63) is 29.3 Å². The van der Waals surface area contributed by atoms with Crippen LogP contribution in [0.2, 0.25) is 0 Å². The van der Waals surface area contributed by atoms with E-state index in [4.69, 9.17) is 11.0 Å². The molecule has 0 aliphatic rings. The van der Waals surface area contributed by atoms with Gasteiger partial charge in [-0.25, -0.2) is 0 Å². The summed E-state index contributed by atoms with van der Waals surface area (Å²) in [6, 6.07) is 3.62. The van der Waals surface area contributed by atoms with E-state index in [0.29, 0.717) is 6.07 Å². The molecule has 0 aromatic heterocycles. The minimum Gasteiger partial charge on any atom is -0.399 e. The number of nitriles is 1. The number of alkyl halides is 5. The van der Waals surface area contributed by atoms with Gasteiger partial charge in [0.2, 0.25) is 0 Å². The average Bonchev–Trinajstić information content (AvgIpc) is 2.16. The quantitative estimate of drug-likeness (QED) is 0.602. The normalized spacial score (nSPS) is 12.2. The minimum atomic E-state index is -5.76. The number of hydrogen-bond acceptors (Lipinski definition) is 2. The molecule has 0 saturated carbocycles. The molecule has 7 heteroatoms. The molecule has 0 saturated heterocycles. The Morgan fingerprint density at radius 3 is 2.12 bits per heavy atom. The molecule has 86 valence electrons. The monoisotopic (exact) mass is 236 g/mol. The second kappa shape index (κ2) is 3.63. The maximum atomic E-state index is 13.0. The summed E-state index contributed by atoms with van der Waals surface area (Å²) >= 11 is 0. The Bertz CT molecular complexity index is 444. The molecule has 0 fully saturated rings. The molecule has 2 N–H and O–H groups in total. The van der Waals surface area contributed by atoms with Crippen molar-refractivity contribution in [3.8, 4) is 6.07 Å². The highest BCUT2D eigenvalue weighted by atomic mass is 19.4. The van der Waals surface area contributed by atoms with Gasteiger partial charge in [-0.15, -0.1) is 0 Å². The van der Waals surface area contributed by atoms with E-state index in [-0.39, 0.29) is 5.69 Å². The molecule has 0 heterocycles. The first-order valence-corrected chi connectivity index (χ1v) is 3.95. The Morgan fingerprint density at radius 1 is 1.12 bits per heavy atom. The van der Waals surface area contributed by atoms with Crippen LogP contribution < -0.4 is 5.73 Å². The lowest BCUT2D eigenvalue weighted by atomic mass is 10.0. The average molecular weight is 236 g/mol. The molecule has 0 radical (unpaired) electrons. The summed E-state index contributed by atoms with van der Waals surface area (Å²) in [6.45, 7) is 0. The van der Waals surface area contributed by atoms with Crippen molar-refractivity contribution in [2.75, 3.05) is 5.73 Å². The van der Waals surface area contributed by atoms with Crippen molar-refractivity contribution in [1.82, 2.24) is 0 Å². The molecule has 16 heavy (non-hydrogen) atoms. The molecule has 0 aliphatic carbocycles. The second-order valence-electron chi connectivity index (χ2n) is 2.99. The molecule has 0 atom stereocenters. The maximum absolute atomic E-state index is 13.0. The third kappa shape index (κ3) is 1.91. The van der Waals surface area contributed by atoms with Gasteiger partial charge in [-0.05, 0) is 18.2 Å². The van der Waals surface area contributed by atoms with Crippen molar-refractivity contribution in [2.24, 2.45) is 0 Å². The summed E-state index contributed by atoms with van der Waals surface area (Å²) < 4.78 is 62.1.